The molecule has 267 valence electrons. The first-order valence-corrected chi connectivity index (χ1v) is 22.9. The molecule has 1 radical (unpaired) electrons. The molecule has 1 saturated carbocycles. The molecule has 7 aromatic rings. The van der Waals surface area contributed by atoms with Crippen LogP contribution >= 0.6 is 11.3 Å². The molecule has 0 N–H and O–H groups in total. The van der Waals surface area contributed by atoms with Crippen LogP contribution in [0.4, 0.5) is 0 Å². The fourth-order valence-electron chi connectivity index (χ4n) is 7.56. The van der Waals surface area contributed by atoms with Crippen molar-refractivity contribution in [2.24, 2.45) is 5.92 Å². The number of rotatable bonds is 7. The fraction of sp³-hybridized carbons (Fsp3) is 0.277. The van der Waals surface area contributed by atoms with Crippen LogP contribution in [0.5, 0.6) is 0 Å². The fourth-order valence-corrected chi connectivity index (χ4v) is 10.4. The Kier molecular flexibility index (Phi) is 12.4. The molecular weight excluding hydrogens is 845 g/mol. The van der Waals surface area contributed by atoms with Crippen LogP contribution in [0.1, 0.15) is 63.0 Å². The third-order valence-electron chi connectivity index (χ3n) is 10.1. The molecule has 4 aromatic carbocycles. The third kappa shape index (κ3) is 8.56. The third-order valence-corrected chi connectivity index (χ3v) is 13.3. The van der Waals surface area contributed by atoms with Gasteiger partial charge in [-0.05, 0) is 69.9 Å². The molecule has 0 spiro atoms. The predicted molar refractivity (Wildman–Crippen MR) is 223 cm³/mol. The number of fused-ring (bicyclic) bond motifs is 3. The molecule has 0 atom stereocenters. The van der Waals surface area contributed by atoms with Gasteiger partial charge >= 0.3 is 0 Å². The van der Waals surface area contributed by atoms with Crippen LogP contribution in [0.3, 0.4) is 0 Å². The van der Waals surface area contributed by atoms with E-state index in [1.807, 2.05) is 35.7 Å². The molecule has 1 aliphatic rings. The van der Waals surface area contributed by atoms with E-state index in [4.69, 9.17) is 4.98 Å². The first kappa shape index (κ1) is 38.0. The van der Waals surface area contributed by atoms with Gasteiger partial charge in [0, 0.05) is 37.2 Å². The summed E-state index contributed by atoms with van der Waals surface area (Å²) in [5.41, 5.74) is 9.72. The summed E-state index contributed by atoms with van der Waals surface area (Å²) in [6, 6.07) is 43.4. The second-order valence-electron chi connectivity index (χ2n) is 15.4. The average Bonchev–Trinajstić information content (AvgIpc) is 3.55. The Bertz CT molecular complexity index is 2230. The SMILES string of the molecule is CC(C)Cc1cc(-c2[c-]cccc2)ncc1[Si](C)(C)C.[Ir].[c-]1cc(-c2ccccc2)c2c(sc3ccccc32)c1-c1cc(C2CCCCC2)ccn1. The van der Waals surface area contributed by atoms with Gasteiger partial charge in [0.2, 0.25) is 0 Å². The molecule has 0 aliphatic heterocycles. The molecule has 3 heterocycles. The van der Waals surface area contributed by atoms with Gasteiger partial charge in [-0.15, -0.1) is 53.6 Å². The van der Waals surface area contributed by atoms with Crippen LogP contribution in [-0.2, 0) is 26.5 Å². The van der Waals surface area contributed by atoms with Gasteiger partial charge in [-0.2, -0.15) is 11.3 Å². The predicted octanol–water partition coefficient (Wildman–Crippen LogP) is 12.9. The molecule has 52 heavy (non-hydrogen) atoms. The minimum Gasteiger partial charge on any atom is -0.305 e. The van der Waals surface area contributed by atoms with E-state index in [1.165, 1.54) is 79.7 Å². The second-order valence-corrected chi connectivity index (χ2v) is 21.5. The van der Waals surface area contributed by atoms with Crippen LogP contribution in [-0.4, -0.2) is 18.0 Å². The van der Waals surface area contributed by atoms with Crippen molar-refractivity contribution in [3.05, 3.63) is 139 Å². The summed E-state index contributed by atoms with van der Waals surface area (Å²) >= 11 is 1.86. The molecule has 0 unspecified atom stereocenters. The Morgan fingerprint density at radius 2 is 1.56 bits per heavy atom. The molecule has 5 heteroatoms. The van der Waals surface area contributed by atoms with Crippen LogP contribution in [0.25, 0.3) is 53.8 Å². The molecule has 1 aliphatic carbocycles. The van der Waals surface area contributed by atoms with E-state index in [1.54, 1.807) is 0 Å². The standard InChI is InChI=1S/C29H24NS.C18H24NSi.Ir/c1-3-9-20(10-4-1)22-17-18-30-26(19-22)24-16-15-23(21-11-5-2-6-12-21)28-25-13-7-8-14-27(25)31-29(24)28;1-14(2)11-16-12-17(15-9-7-6-8-10-15)19-13-18(16)20(3,4)5;/h2,5-8,11-15,17-20H,1,3-4,9-10H2;6-9,12-14H,11H2,1-5H3;/q2*-1;. The number of thiophene rings is 1. The van der Waals surface area contributed by atoms with E-state index < -0.39 is 8.07 Å². The quantitative estimate of drug-likeness (QED) is 0.118. The average molecular weight is 893 g/mol. The number of pyridine rings is 2. The molecule has 0 saturated heterocycles. The van der Waals surface area contributed by atoms with Crippen LogP contribution in [0, 0.1) is 18.1 Å². The van der Waals surface area contributed by atoms with Crippen molar-refractivity contribution in [2.45, 2.75) is 77.9 Å². The number of nitrogens with zero attached hydrogens (tertiary/aromatic N) is 2. The summed E-state index contributed by atoms with van der Waals surface area (Å²) in [4.78, 5) is 9.49. The van der Waals surface area contributed by atoms with Crippen molar-refractivity contribution in [2.75, 3.05) is 0 Å². The van der Waals surface area contributed by atoms with Gasteiger partial charge in [-0.1, -0.05) is 141 Å². The maximum atomic E-state index is 4.80. The van der Waals surface area contributed by atoms with Crippen molar-refractivity contribution in [1.29, 1.82) is 0 Å². The van der Waals surface area contributed by atoms with E-state index in [9.17, 15) is 0 Å². The maximum Gasteiger partial charge on any atom is 0.0798 e. The Balaban J connectivity index is 0.000000193. The molecule has 0 bridgehead atoms. The van der Waals surface area contributed by atoms with Crippen LogP contribution < -0.4 is 5.19 Å². The number of aromatic nitrogens is 2. The minimum atomic E-state index is -1.34. The second kappa shape index (κ2) is 16.9. The van der Waals surface area contributed by atoms with Gasteiger partial charge in [0.15, 0.2) is 0 Å². The first-order valence-electron chi connectivity index (χ1n) is 18.6. The van der Waals surface area contributed by atoms with E-state index in [0.717, 1.165) is 28.9 Å². The largest absolute Gasteiger partial charge is 0.305 e. The summed E-state index contributed by atoms with van der Waals surface area (Å²) in [6.07, 6.45) is 11.9. The van der Waals surface area contributed by atoms with E-state index in [0.29, 0.717) is 11.8 Å². The molecule has 1 fully saturated rings. The molecule has 0 amide bonds. The van der Waals surface area contributed by atoms with Crippen molar-refractivity contribution >= 4 is 44.8 Å². The van der Waals surface area contributed by atoms with Gasteiger partial charge in [-0.3, -0.25) is 0 Å². The zero-order valence-electron chi connectivity index (χ0n) is 31.0. The molecular formula is C47H48IrN2SSi-2. The maximum absolute atomic E-state index is 4.80. The zero-order chi connectivity index (χ0) is 35.4. The van der Waals surface area contributed by atoms with Gasteiger partial charge < -0.3 is 9.97 Å². The Labute approximate surface area is 329 Å². The summed E-state index contributed by atoms with van der Waals surface area (Å²) < 4.78 is 2.61. The Morgan fingerprint density at radius 3 is 2.29 bits per heavy atom. The minimum absolute atomic E-state index is 0. The molecule has 3 aromatic heterocycles. The Morgan fingerprint density at radius 1 is 0.808 bits per heavy atom. The van der Waals surface area contributed by atoms with Crippen molar-refractivity contribution in [1.82, 2.24) is 9.97 Å². The number of hydrogen-bond acceptors (Lipinski definition) is 3. The van der Waals surface area contributed by atoms with Gasteiger partial charge in [0.05, 0.1) is 8.07 Å². The molecule has 2 nitrogen and oxygen atoms in total. The number of hydrogen-bond donors (Lipinski definition) is 0. The topological polar surface area (TPSA) is 25.8 Å². The normalized spacial score (nSPS) is 13.5. The van der Waals surface area contributed by atoms with Crippen LogP contribution in [0.2, 0.25) is 19.6 Å². The van der Waals surface area contributed by atoms with Gasteiger partial charge in [0.25, 0.3) is 0 Å². The summed E-state index contributed by atoms with van der Waals surface area (Å²) in [7, 11) is -1.34. The molecule has 8 rings (SSSR count). The zero-order valence-corrected chi connectivity index (χ0v) is 35.2. The van der Waals surface area contributed by atoms with Crippen molar-refractivity contribution < 1.29 is 20.1 Å². The smallest absolute Gasteiger partial charge is 0.0798 e. The van der Waals surface area contributed by atoms with E-state index in [-0.39, 0.29) is 20.1 Å². The summed E-state index contributed by atoms with van der Waals surface area (Å²) in [6.45, 7) is 11.7. The number of benzene rings is 4. The van der Waals surface area contributed by atoms with E-state index >= 15 is 0 Å². The van der Waals surface area contributed by atoms with Gasteiger partial charge in [-0.25, -0.2) is 0 Å². The first-order chi connectivity index (χ1) is 24.8. The summed E-state index contributed by atoms with van der Waals surface area (Å²) in [5, 5.41) is 4.14. The Hall–Kier alpha value is -3.73. The van der Waals surface area contributed by atoms with Crippen molar-refractivity contribution in [3.63, 3.8) is 0 Å². The van der Waals surface area contributed by atoms with E-state index in [2.05, 4.69) is 142 Å². The van der Waals surface area contributed by atoms with Gasteiger partial charge in [0.1, 0.15) is 0 Å². The van der Waals surface area contributed by atoms with Crippen LogP contribution in [0.15, 0.2) is 116 Å². The summed E-state index contributed by atoms with van der Waals surface area (Å²) in [5.74, 6) is 1.34. The monoisotopic (exact) mass is 893 g/mol. The van der Waals surface area contributed by atoms with Crippen molar-refractivity contribution in [3.8, 4) is 33.6 Å².